The van der Waals surface area contributed by atoms with Gasteiger partial charge in [-0.25, -0.2) is 0 Å². The molecule has 0 spiro atoms. The predicted octanol–water partition coefficient (Wildman–Crippen LogP) is 3.08. The quantitative estimate of drug-likeness (QED) is 0.280. The van der Waals surface area contributed by atoms with Crippen molar-refractivity contribution in [3.05, 3.63) is 11.8 Å². The van der Waals surface area contributed by atoms with Crippen LogP contribution in [0.3, 0.4) is 0 Å². The van der Waals surface area contributed by atoms with Crippen LogP contribution in [0.5, 0.6) is 0 Å². The molecule has 0 heterocycles. The molecule has 0 fully saturated rings. The molecule has 0 rings (SSSR count). The number of unbranched alkanes of at least 4 members (excludes halogenated alkanes) is 1. The molecule has 0 radical (unpaired) electrons. The van der Waals surface area contributed by atoms with Gasteiger partial charge in [0.15, 0.2) is 0 Å². The van der Waals surface area contributed by atoms with Crippen molar-refractivity contribution in [1.29, 1.82) is 0 Å². The van der Waals surface area contributed by atoms with Crippen molar-refractivity contribution in [2.24, 2.45) is 0 Å². The molecule has 0 unspecified atom stereocenters. The van der Waals surface area contributed by atoms with E-state index in [1.807, 2.05) is 6.26 Å². The minimum Gasteiger partial charge on any atom is -0.499 e. The molecule has 0 saturated heterocycles. The Bertz CT molecular complexity index is 276. The van der Waals surface area contributed by atoms with Crippen LogP contribution in [0.15, 0.2) is 11.8 Å². The predicted molar refractivity (Wildman–Crippen MR) is 82.1 cm³/mol. The standard InChI is InChI=1S/C16H30O5/c1-4-6-7-16(5-2)14-20-11-10-18-8-9-19-12-13-21-15(3)17/h14H,4-13H2,1-3H3/b16-14-. The smallest absolute Gasteiger partial charge is 0.302 e. The summed E-state index contributed by atoms with van der Waals surface area (Å²) in [5, 5.41) is 0. The summed E-state index contributed by atoms with van der Waals surface area (Å²) in [7, 11) is 0. The van der Waals surface area contributed by atoms with Crippen molar-refractivity contribution in [3.63, 3.8) is 0 Å². The molecule has 0 aliphatic carbocycles. The first-order valence-electron chi connectivity index (χ1n) is 7.79. The Labute approximate surface area is 128 Å². The van der Waals surface area contributed by atoms with Gasteiger partial charge in [0.2, 0.25) is 0 Å². The van der Waals surface area contributed by atoms with E-state index < -0.39 is 0 Å². The number of esters is 1. The fraction of sp³-hybridized carbons (Fsp3) is 0.812. The molecule has 0 aromatic rings. The maximum atomic E-state index is 10.5. The molecule has 0 aromatic heterocycles. The third-order valence-electron chi connectivity index (χ3n) is 2.81. The van der Waals surface area contributed by atoms with E-state index in [9.17, 15) is 4.79 Å². The Hall–Kier alpha value is -1.07. The van der Waals surface area contributed by atoms with Crippen LogP contribution in [0.25, 0.3) is 0 Å². The molecule has 0 bridgehead atoms. The van der Waals surface area contributed by atoms with Crippen LogP contribution in [0, 0.1) is 0 Å². The van der Waals surface area contributed by atoms with Crippen molar-refractivity contribution in [3.8, 4) is 0 Å². The number of hydrogen-bond acceptors (Lipinski definition) is 5. The lowest BCUT2D eigenvalue weighted by molar-refractivity contribution is -0.142. The Morgan fingerprint density at radius 3 is 2.14 bits per heavy atom. The molecule has 21 heavy (non-hydrogen) atoms. The third kappa shape index (κ3) is 15.1. The Morgan fingerprint density at radius 2 is 1.57 bits per heavy atom. The van der Waals surface area contributed by atoms with Gasteiger partial charge in [-0.15, -0.1) is 0 Å². The summed E-state index contributed by atoms with van der Waals surface area (Å²) in [6.07, 6.45) is 6.44. The molecular weight excluding hydrogens is 272 g/mol. The number of rotatable bonds is 14. The van der Waals surface area contributed by atoms with Crippen molar-refractivity contribution in [2.75, 3.05) is 39.6 Å². The lowest BCUT2D eigenvalue weighted by atomic mass is 10.1. The van der Waals surface area contributed by atoms with E-state index in [2.05, 4.69) is 13.8 Å². The lowest BCUT2D eigenvalue weighted by Gasteiger charge is -2.07. The van der Waals surface area contributed by atoms with Crippen LogP contribution in [0.4, 0.5) is 0 Å². The summed E-state index contributed by atoms with van der Waals surface area (Å²) in [6, 6.07) is 0. The van der Waals surface area contributed by atoms with Crippen LogP contribution in [-0.4, -0.2) is 45.6 Å². The fourth-order valence-corrected chi connectivity index (χ4v) is 1.57. The highest BCUT2D eigenvalue weighted by atomic mass is 16.6. The van der Waals surface area contributed by atoms with E-state index in [-0.39, 0.29) is 5.97 Å². The molecule has 0 aliphatic rings. The summed E-state index contributed by atoms with van der Waals surface area (Å²) in [4.78, 5) is 10.5. The summed E-state index contributed by atoms with van der Waals surface area (Å²) < 4.78 is 20.8. The summed E-state index contributed by atoms with van der Waals surface area (Å²) in [5.41, 5.74) is 1.35. The van der Waals surface area contributed by atoms with E-state index in [0.717, 1.165) is 12.8 Å². The Balaban J connectivity index is 3.31. The van der Waals surface area contributed by atoms with Gasteiger partial charge in [-0.1, -0.05) is 20.3 Å². The first-order chi connectivity index (χ1) is 10.2. The van der Waals surface area contributed by atoms with E-state index in [4.69, 9.17) is 18.9 Å². The topological polar surface area (TPSA) is 54.0 Å². The first-order valence-corrected chi connectivity index (χ1v) is 7.79. The SMILES string of the molecule is CCCC/C(=C\OCCOCCOCCOC(C)=O)CC. The normalized spacial score (nSPS) is 11.5. The highest BCUT2D eigenvalue weighted by Crippen LogP contribution is 2.10. The second-order valence-corrected chi connectivity index (χ2v) is 4.67. The monoisotopic (exact) mass is 302 g/mol. The highest BCUT2D eigenvalue weighted by Gasteiger charge is 1.95. The fourth-order valence-electron chi connectivity index (χ4n) is 1.57. The summed E-state index contributed by atoms with van der Waals surface area (Å²) >= 11 is 0. The minimum absolute atomic E-state index is 0.287. The maximum absolute atomic E-state index is 10.5. The zero-order valence-electron chi connectivity index (χ0n) is 13.7. The number of carbonyl (C=O) groups is 1. The van der Waals surface area contributed by atoms with Crippen molar-refractivity contribution in [2.45, 2.75) is 46.5 Å². The molecule has 5 heteroatoms. The second kappa shape index (κ2) is 15.3. The van der Waals surface area contributed by atoms with Crippen LogP contribution in [0.2, 0.25) is 0 Å². The van der Waals surface area contributed by atoms with Gasteiger partial charge >= 0.3 is 5.97 Å². The largest absolute Gasteiger partial charge is 0.499 e. The molecule has 0 aromatic carbocycles. The van der Waals surface area contributed by atoms with Crippen LogP contribution >= 0.6 is 0 Å². The van der Waals surface area contributed by atoms with Crippen LogP contribution < -0.4 is 0 Å². The number of ether oxygens (including phenoxy) is 4. The van der Waals surface area contributed by atoms with Gasteiger partial charge in [-0.05, 0) is 24.8 Å². The van der Waals surface area contributed by atoms with Crippen LogP contribution in [-0.2, 0) is 23.7 Å². The van der Waals surface area contributed by atoms with Crippen molar-refractivity contribution in [1.82, 2.24) is 0 Å². The zero-order chi connectivity index (χ0) is 15.8. The van der Waals surface area contributed by atoms with E-state index in [0.29, 0.717) is 39.6 Å². The van der Waals surface area contributed by atoms with Gasteiger partial charge in [-0.3, -0.25) is 4.79 Å². The molecule has 5 nitrogen and oxygen atoms in total. The highest BCUT2D eigenvalue weighted by molar-refractivity contribution is 5.65. The van der Waals surface area contributed by atoms with Gasteiger partial charge < -0.3 is 18.9 Å². The van der Waals surface area contributed by atoms with Gasteiger partial charge in [0.1, 0.15) is 13.2 Å². The summed E-state index contributed by atoms with van der Waals surface area (Å²) in [5.74, 6) is -0.287. The van der Waals surface area contributed by atoms with Gasteiger partial charge in [0.25, 0.3) is 0 Å². The Kier molecular flexibility index (Phi) is 14.5. The van der Waals surface area contributed by atoms with Gasteiger partial charge in [-0.2, -0.15) is 0 Å². The average molecular weight is 302 g/mol. The number of hydrogen-bond donors (Lipinski definition) is 0. The van der Waals surface area contributed by atoms with Gasteiger partial charge in [0, 0.05) is 6.92 Å². The van der Waals surface area contributed by atoms with E-state index in [1.54, 1.807) is 0 Å². The summed E-state index contributed by atoms with van der Waals surface area (Å²) in [6.45, 7) is 8.53. The van der Waals surface area contributed by atoms with E-state index in [1.165, 1.54) is 25.3 Å². The molecule has 124 valence electrons. The molecule has 0 saturated carbocycles. The van der Waals surface area contributed by atoms with Gasteiger partial charge in [0.05, 0.1) is 32.7 Å². The van der Waals surface area contributed by atoms with Crippen molar-refractivity contribution >= 4 is 5.97 Å². The molecular formula is C16H30O5. The zero-order valence-corrected chi connectivity index (χ0v) is 13.7. The molecule has 0 atom stereocenters. The van der Waals surface area contributed by atoms with Crippen LogP contribution in [0.1, 0.15) is 46.5 Å². The average Bonchev–Trinajstić information content (AvgIpc) is 2.47. The minimum atomic E-state index is -0.287. The Morgan fingerprint density at radius 1 is 0.952 bits per heavy atom. The molecule has 0 N–H and O–H groups in total. The molecule has 0 aliphatic heterocycles. The second-order valence-electron chi connectivity index (χ2n) is 4.67. The first kappa shape index (κ1) is 19.9. The number of allylic oxidation sites excluding steroid dienone is 1. The third-order valence-corrected chi connectivity index (χ3v) is 2.81. The lowest BCUT2D eigenvalue weighted by Crippen LogP contribution is -2.12. The number of carbonyl (C=O) groups excluding carboxylic acids is 1. The maximum Gasteiger partial charge on any atom is 0.302 e. The van der Waals surface area contributed by atoms with Crippen molar-refractivity contribution < 1.29 is 23.7 Å². The van der Waals surface area contributed by atoms with E-state index >= 15 is 0 Å². The molecule has 0 amide bonds.